The standard InChI is InChI=1S/C8H14N2O2/c1-12-7(11)8(9)5-10-3-2-6(8)4-10/h6H,2-5,9H2,1H3. The summed E-state index contributed by atoms with van der Waals surface area (Å²) in [7, 11) is 1.40. The minimum Gasteiger partial charge on any atom is -0.468 e. The molecule has 2 bridgehead atoms. The molecule has 0 aliphatic carbocycles. The number of nitrogens with two attached hydrogens (primary N) is 1. The van der Waals surface area contributed by atoms with Crippen LogP contribution in [0.4, 0.5) is 0 Å². The lowest BCUT2D eigenvalue weighted by atomic mass is 9.85. The Morgan fingerprint density at radius 2 is 2.50 bits per heavy atom. The largest absolute Gasteiger partial charge is 0.468 e. The highest BCUT2D eigenvalue weighted by molar-refractivity contribution is 5.82. The van der Waals surface area contributed by atoms with E-state index in [1.54, 1.807) is 0 Å². The van der Waals surface area contributed by atoms with E-state index < -0.39 is 5.54 Å². The van der Waals surface area contributed by atoms with Crippen LogP contribution in [-0.4, -0.2) is 43.2 Å². The van der Waals surface area contributed by atoms with Gasteiger partial charge in [0.05, 0.1) is 7.11 Å². The average Bonchev–Trinajstić information content (AvgIpc) is 2.62. The van der Waals surface area contributed by atoms with Crippen molar-refractivity contribution in [3.8, 4) is 0 Å². The molecule has 12 heavy (non-hydrogen) atoms. The van der Waals surface area contributed by atoms with Crippen LogP contribution in [0, 0.1) is 5.92 Å². The molecule has 2 aliphatic rings. The van der Waals surface area contributed by atoms with Gasteiger partial charge in [0, 0.05) is 19.0 Å². The number of piperidine rings is 1. The Labute approximate surface area is 71.7 Å². The van der Waals surface area contributed by atoms with Crippen molar-refractivity contribution in [2.75, 3.05) is 26.7 Å². The Morgan fingerprint density at radius 3 is 2.92 bits per heavy atom. The first-order chi connectivity index (χ1) is 5.66. The normalized spacial score (nSPS) is 44.8. The van der Waals surface area contributed by atoms with Gasteiger partial charge in [0.25, 0.3) is 0 Å². The van der Waals surface area contributed by atoms with Gasteiger partial charge in [-0.25, -0.2) is 0 Å². The summed E-state index contributed by atoms with van der Waals surface area (Å²) in [6.45, 7) is 2.72. The van der Waals surface area contributed by atoms with E-state index >= 15 is 0 Å². The van der Waals surface area contributed by atoms with Crippen LogP contribution in [-0.2, 0) is 9.53 Å². The van der Waals surface area contributed by atoms with Crippen molar-refractivity contribution in [3.63, 3.8) is 0 Å². The Morgan fingerprint density at radius 1 is 1.75 bits per heavy atom. The topological polar surface area (TPSA) is 55.6 Å². The Bertz CT molecular complexity index is 219. The fraction of sp³-hybridized carbons (Fsp3) is 0.875. The van der Waals surface area contributed by atoms with Gasteiger partial charge >= 0.3 is 5.97 Å². The first-order valence-corrected chi connectivity index (χ1v) is 4.26. The number of methoxy groups -OCH3 is 1. The molecule has 0 aromatic heterocycles. The molecule has 0 amide bonds. The summed E-state index contributed by atoms with van der Waals surface area (Å²) in [5, 5.41) is 0. The van der Waals surface area contributed by atoms with Gasteiger partial charge in [-0.15, -0.1) is 0 Å². The Hall–Kier alpha value is -0.610. The van der Waals surface area contributed by atoms with Gasteiger partial charge in [0.1, 0.15) is 5.54 Å². The number of hydrogen-bond donors (Lipinski definition) is 1. The van der Waals surface area contributed by atoms with Gasteiger partial charge in [-0.05, 0) is 13.0 Å². The predicted molar refractivity (Wildman–Crippen MR) is 43.5 cm³/mol. The zero-order valence-electron chi connectivity index (χ0n) is 7.25. The third kappa shape index (κ3) is 0.881. The second-order valence-electron chi connectivity index (χ2n) is 3.75. The maximum absolute atomic E-state index is 11.4. The van der Waals surface area contributed by atoms with Crippen LogP contribution in [0.2, 0.25) is 0 Å². The number of nitrogens with zero attached hydrogens (tertiary/aromatic N) is 1. The molecule has 0 spiro atoms. The lowest BCUT2D eigenvalue weighted by Crippen LogP contribution is -2.57. The minimum absolute atomic E-state index is 0.255. The molecule has 2 heterocycles. The number of carbonyl (C=O) groups excluding carboxylic acids is 1. The number of hydrogen-bond acceptors (Lipinski definition) is 4. The second kappa shape index (κ2) is 2.44. The summed E-state index contributed by atoms with van der Waals surface area (Å²) < 4.78 is 4.70. The molecule has 68 valence electrons. The Kier molecular flexibility index (Phi) is 1.63. The van der Waals surface area contributed by atoms with Crippen molar-refractivity contribution in [1.82, 2.24) is 4.90 Å². The van der Waals surface area contributed by atoms with Crippen LogP contribution in [0.25, 0.3) is 0 Å². The summed E-state index contributed by atoms with van der Waals surface area (Å²) >= 11 is 0. The van der Waals surface area contributed by atoms with E-state index in [1.165, 1.54) is 7.11 Å². The van der Waals surface area contributed by atoms with Crippen molar-refractivity contribution in [2.24, 2.45) is 11.7 Å². The number of rotatable bonds is 1. The summed E-state index contributed by atoms with van der Waals surface area (Å²) in [4.78, 5) is 13.6. The lowest BCUT2D eigenvalue weighted by Gasteiger charge is -2.30. The van der Waals surface area contributed by atoms with Crippen molar-refractivity contribution < 1.29 is 9.53 Å². The molecule has 4 nitrogen and oxygen atoms in total. The van der Waals surface area contributed by atoms with Crippen molar-refractivity contribution in [1.29, 1.82) is 0 Å². The van der Waals surface area contributed by atoms with E-state index in [1.807, 2.05) is 0 Å². The molecule has 0 saturated carbocycles. The second-order valence-corrected chi connectivity index (χ2v) is 3.75. The highest BCUT2D eigenvalue weighted by Crippen LogP contribution is 2.35. The number of ether oxygens (including phenoxy) is 1. The van der Waals surface area contributed by atoms with E-state index in [0.717, 1.165) is 19.5 Å². The summed E-state index contributed by atoms with van der Waals surface area (Å²) in [5.41, 5.74) is 5.27. The van der Waals surface area contributed by atoms with Gasteiger partial charge < -0.3 is 15.4 Å². The number of fused-ring (bicyclic) bond motifs is 2. The molecule has 2 aliphatic heterocycles. The molecule has 2 saturated heterocycles. The third-order valence-electron chi connectivity index (χ3n) is 3.05. The molecule has 4 heteroatoms. The molecule has 2 rings (SSSR count). The summed E-state index contributed by atoms with van der Waals surface area (Å²) in [5.74, 6) is 0.0552. The summed E-state index contributed by atoms with van der Waals surface area (Å²) in [6, 6.07) is 0. The molecule has 3 atom stereocenters. The van der Waals surface area contributed by atoms with Gasteiger partial charge in [0.2, 0.25) is 0 Å². The summed E-state index contributed by atoms with van der Waals surface area (Å²) in [6.07, 6.45) is 1.03. The van der Waals surface area contributed by atoms with E-state index in [9.17, 15) is 4.79 Å². The van der Waals surface area contributed by atoms with Crippen LogP contribution in [0.5, 0.6) is 0 Å². The van der Waals surface area contributed by atoms with Crippen molar-refractivity contribution >= 4 is 5.97 Å². The highest BCUT2D eigenvalue weighted by Gasteiger charge is 2.53. The first kappa shape index (κ1) is 8.01. The molecular formula is C8H14N2O2. The molecule has 2 N–H and O–H groups in total. The molecular weight excluding hydrogens is 156 g/mol. The van der Waals surface area contributed by atoms with Crippen LogP contribution in [0.1, 0.15) is 6.42 Å². The van der Waals surface area contributed by atoms with Gasteiger partial charge in [0.15, 0.2) is 0 Å². The van der Waals surface area contributed by atoms with Gasteiger partial charge in [-0.1, -0.05) is 0 Å². The quantitative estimate of drug-likeness (QED) is 0.523. The fourth-order valence-corrected chi connectivity index (χ4v) is 2.32. The smallest absolute Gasteiger partial charge is 0.327 e. The number of carbonyl (C=O) groups is 1. The van der Waals surface area contributed by atoms with Crippen LogP contribution >= 0.6 is 0 Å². The van der Waals surface area contributed by atoms with E-state index in [0.29, 0.717) is 12.5 Å². The maximum Gasteiger partial charge on any atom is 0.327 e. The van der Waals surface area contributed by atoms with Crippen LogP contribution in [0.15, 0.2) is 0 Å². The van der Waals surface area contributed by atoms with Crippen molar-refractivity contribution in [3.05, 3.63) is 0 Å². The fourth-order valence-electron chi connectivity index (χ4n) is 2.32. The molecule has 3 unspecified atom stereocenters. The highest BCUT2D eigenvalue weighted by atomic mass is 16.5. The van der Waals surface area contributed by atoms with E-state index in [4.69, 9.17) is 10.5 Å². The predicted octanol–water partition coefficient (Wildman–Crippen LogP) is -0.808. The SMILES string of the molecule is COC(=O)C1(N)CN2CCC1C2. The monoisotopic (exact) mass is 170 g/mol. The molecule has 2 fully saturated rings. The first-order valence-electron chi connectivity index (χ1n) is 4.26. The zero-order valence-corrected chi connectivity index (χ0v) is 7.25. The maximum atomic E-state index is 11.4. The van der Waals surface area contributed by atoms with Crippen molar-refractivity contribution in [2.45, 2.75) is 12.0 Å². The molecule has 0 aromatic rings. The van der Waals surface area contributed by atoms with Crippen LogP contribution in [0.3, 0.4) is 0 Å². The van der Waals surface area contributed by atoms with Crippen LogP contribution < -0.4 is 5.73 Å². The Balaban J connectivity index is 2.17. The minimum atomic E-state index is -0.715. The molecule has 0 radical (unpaired) electrons. The molecule has 0 aromatic carbocycles. The zero-order chi connectivity index (χ0) is 8.77. The average molecular weight is 170 g/mol. The lowest BCUT2D eigenvalue weighted by molar-refractivity contribution is -0.148. The van der Waals surface area contributed by atoms with Gasteiger partial charge in [-0.2, -0.15) is 0 Å². The van der Waals surface area contributed by atoms with Gasteiger partial charge in [-0.3, -0.25) is 4.79 Å². The number of esters is 1. The van der Waals surface area contributed by atoms with E-state index in [2.05, 4.69) is 4.90 Å². The third-order valence-corrected chi connectivity index (χ3v) is 3.05. The van der Waals surface area contributed by atoms with E-state index in [-0.39, 0.29) is 5.97 Å².